The van der Waals surface area contributed by atoms with Crippen LogP contribution in [0.1, 0.15) is 34.3 Å². The molecule has 234 valence electrons. The number of anilines is 1. The SMILES string of the molecule is CN(C)C(=O)c1ccc(N2CCN(C3CC4(C3)CN(C(=O)C(O)(c3cccc(Cl)c3)C(F)(F)F)C4)CC2)cc1C(F)(F)F. The number of hydrogen-bond donors (Lipinski definition) is 1. The van der Waals surface area contributed by atoms with Crippen molar-refractivity contribution in [3.63, 3.8) is 0 Å². The number of likely N-dealkylation sites (tertiary alicyclic amines) is 1. The lowest BCUT2D eigenvalue weighted by Crippen LogP contribution is -2.71. The molecule has 1 N–H and O–H groups in total. The van der Waals surface area contributed by atoms with Gasteiger partial charge in [-0.05, 0) is 43.2 Å². The van der Waals surface area contributed by atoms with Gasteiger partial charge in [0.25, 0.3) is 17.4 Å². The van der Waals surface area contributed by atoms with Gasteiger partial charge in [0.2, 0.25) is 0 Å². The van der Waals surface area contributed by atoms with Gasteiger partial charge in [0.05, 0.1) is 11.1 Å². The fraction of sp³-hybridized carbons (Fsp3) is 0.517. The molecular formula is C29H31ClF6N4O3. The van der Waals surface area contributed by atoms with Gasteiger partial charge in [-0.15, -0.1) is 0 Å². The van der Waals surface area contributed by atoms with Crippen LogP contribution in [0.5, 0.6) is 0 Å². The van der Waals surface area contributed by atoms with E-state index in [1.54, 1.807) is 0 Å². The van der Waals surface area contributed by atoms with E-state index in [-0.39, 0.29) is 29.6 Å². The minimum atomic E-state index is -5.25. The molecule has 14 heteroatoms. The highest BCUT2D eigenvalue weighted by Gasteiger charge is 2.65. The lowest BCUT2D eigenvalue weighted by molar-refractivity contribution is -0.267. The molecule has 1 atom stereocenters. The maximum atomic E-state index is 14.0. The summed E-state index contributed by atoms with van der Waals surface area (Å²) in [5, 5.41) is 10.6. The van der Waals surface area contributed by atoms with E-state index in [1.165, 1.54) is 38.4 Å². The number of benzene rings is 2. The third-order valence-electron chi connectivity index (χ3n) is 8.78. The van der Waals surface area contributed by atoms with Gasteiger partial charge in [-0.3, -0.25) is 14.5 Å². The first kappa shape index (κ1) is 31.4. The topological polar surface area (TPSA) is 67.3 Å². The molecule has 0 bridgehead atoms. The van der Waals surface area contributed by atoms with Crippen molar-refractivity contribution in [2.45, 2.75) is 36.8 Å². The minimum absolute atomic E-state index is 0.0350. The number of nitrogens with zero attached hydrogens (tertiary/aromatic N) is 4. The number of piperazine rings is 1. The summed E-state index contributed by atoms with van der Waals surface area (Å²) in [5.74, 6) is -2.16. The molecular weight excluding hydrogens is 602 g/mol. The Kier molecular flexibility index (Phi) is 7.92. The van der Waals surface area contributed by atoms with Gasteiger partial charge in [-0.25, -0.2) is 0 Å². The van der Waals surface area contributed by atoms with Gasteiger partial charge in [-0.2, -0.15) is 26.3 Å². The molecule has 1 aliphatic carbocycles. The smallest absolute Gasteiger partial charge is 0.369 e. The third kappa shape index (κ3) is 5.66. The second-order valence-electron chi connectivity index (χ2n) is 11.9. The number of rotatable bonds is 5. The van der Waals surface area contributed by atoms with Crippen molar-refractivity contribution in [1.82, 2.24) is 14.7 Å². The number of halogens is 7. The molecule has 3 fully saturated rings. The highest BCUT2D eigenvalue weighted by molar-refractivity contribution is 6.30. The molecule has 2 saturated heterocycles. The van der Waals surface area contributed by atoms with Crippen molar-refractivity contribution >= 4 is 29.1 Å². The Balaban J connectivity index is 1.17. The van der Waals surface area contributed by atoms with E-state index >= 15 is 0 Å². The van der Waals surface area contributed by atoms with Crippen molar-refractivity contribution < 1.29 is 41.0 Å². The van der Waals surface area contributed by atoms with E-state index in [0.717, 1.165) is 28.0 Å². The number of alkyl halides is 6. The van der Waals surface area contributed by atoms with Gasteiger partial charge in [0.1, 0.15) is 0 Å². The largest absolute Gasteiger partial charge is 0.430 e. The van der Waals surface area contributed by atoms with Gasteiger partial charge in [0, 0.05) is 81.1 Å². The molecule has 2 heterocycles. The van der Waals surface area contributed by atoms with Crippen LogP contribution < -0.4 is 4.90 Å². The van der Waals surface area contributed by atoms with Crippen LogP contribution in [-0.2, 0) is 16.6 Å². The van der Waals surface area contributed by atoms with Gasteiger partial charge in [-0.1, -0.05) is 23.7 Å². The molecule has 1 spiro atoms. The Hall–Kier alpha value is -3.03. The van der Waals surface area contributed by atoms with E-state index in [2.05, 4.69) is 4.90 Å². The molecule has 3 aliphatic rings. The van der Waals surface area contributed by atoms with Crippen LogP contribution >= 0.6 is 11.6 Å². The van der Waals surface area contributed by atoms with Crippen LogP contribution in [0.4, 0.5) is 32.0 Å². The lowest BCUT2D eigenvalue weighted by atomic mass is 9.59. The Morgan fingerprint density at radius 1 is 0.953 bits per heavy atom. The number of carbonyl (C=O) groups excluding carboxylic acids is 2. The summed E-state index contributed by atoms with van der Waals surface area (Å²) in [4.78, 5) is 31.4. The predicted molar refractivity (Wildman–Crippen MR) is 147 cm³/mol. The van der Waals surface area contributed by atoms with Crippen LogP contribution in [0.2, 0.25) is 5.02 Å². The average Bonchev–Trinajstić information content (AvgIpc) is 2.89. The normalized spacial score (nSPS) is 20.8. The second kappa shape index (κ2) is 10.8. The van der Waals surface area contributed by atoms with Crippen LogP contribution in [0.25, 0.3) is 0 Å². The zero-order valence-corrected chi connectivity index (χ0v) is 24.2. The molecule has 2 aromatic carbocycles. The highest BCUT2D eigenvalue weighted by Crippen LogP contribution is 2.52. The van der Waals surface area contributed by atoms with Crippen molar-refractivity contribution in [3.8, 4) is 0 Å². The van der Waals surface area contributed by atoms with Crippen molar-refractivity contribution in [3.05, 3.63) is 64.2 Å². The summed E-state index contributed by atoms with van der Waals surface area (Å²) in [6.07, 6.45) is -8.61. The molecule has 2 amide bonds. The molecule has 1 unspecified atom stereocenters. The first-order valence-corrected chi connectivity index (χ1v) is 14.1. The van der Waals surface area contributed by atoms with Crippen molar-refractivity contribution in [2.75, 3.05) is 58.3 Å². The number of amides is 2. The Labute approximate surface area is 249 Å². The summed E-state index contributed by atoms with van der Waals surface area (Å²) in [7, 11) is 2.78. The van der Waals surface area contributed by atoms with Crippen LogP contribution in [0.15, 0.2) is 42.5 Å². The molecule has 0 radical (unpaired) electrons. The Morgan fingerprint density at radius 2 is 1.58 bits per heavy atom. The standard InChI is InChI=1S/C29H31ClF6N4O3/c1-37(2)24(41)22-7-6-20(13-23(22)28(31,32)33)38-8-10-39(11-9-38)21-14-26(15-21)16-40(17-26)25(42)27(43,29(34,35)36)18-4-3-5-19(30)12-18/h3-7,12-13,21,43H,8-11,14-17H2,1-2H3. The molecule has 7 nitrogen and oxygen atoms in total. The fourth-order valence-electron chi connectivity index (χ4n) is 6.45. The van der Waals surface area contributed by atoms with Crippen LogP contribution in [0, 0.1) is 5.41 Å². The fourth-order valence-corrected chi connectivity index (χ4v) is 6.64. The van der Waals surface area contributed by atoms with E-state index in [9.17, 15) is 41.0 Å². The summed E-state index contributed by atoms with van der Waals surface area (Å²) in [6, 6.07) is 8.42. The minimum Gasteiger partial charge on any atom is -0.369 e. The predicted octanol–water partition coefficient (Wildman–Crippen LogP) is 4.62. The van der Waals surface area contributed by atoms with Gasteiger partial charge >= 0.3 is 12.4 Å². The van der Waals surface area contributed by atoms with E-state index in [1.807, 2.05) is 4.90 Å². The van der Waals surface area contributed by atoms with Crippen LogP contribution in [-0.4, -0.2) is 97.2 Å². The quantitative estimate of drug-likeness (QED) is 0.488. The maximum Gasteiger partial charge on any atom is 0.430 e. The monoisotopic (exact) mass is 632 g/mol. The lowest BCUT2D eigenvalue weighted by Gasteiger charge is -2.62. The zero-order chi connectivity index (χ0) is 31.5. The third-order valence-corrected chi connectivity index (χ3v) is 9.02. The van der Waals surface area contributed by atoms with Gasteiger partial charge in [0.15, 0.2) is 0 Å². The Morgan fingerprint density at radius 3 is 2.12 bits per heavy atom. The molecule has 5 rings (SSSR count). The molecule has 0 aromatic heterocycles. The van der Waals surface area contributed by atoms with Crippen molar-refractivity contribution in [2.24, 2.45) is 5.41 Å². The highest BCUT2D eigenvalue weighted by atomic mass is 35.5. The van der Waals surface area contributed by atoms with E-state index in [0.29, 0.717) is 44.7 Å². The number of hydrogen-bond acceptors (Lipinski definition) is 5. The maximum absolute atomic E-state index is 14.0. The summed E-state index contributed by atoms with van der Waals surface area (Å²) < 4.78 is 83.2. The first-order valence-electron chi connectivity index (χ1n) is 13.7. The van der Waals surface area contributed by atoms with Crippen LogP contribution in [0.3, 0.4) is 0 Å². The molecule has 2 aromatic rings. The number of aliphatic hydroxyl groups is 1. The Bertz CT molecular complexity index is 1400. The van der Waals surface area contributed by atoms with E-state index in [4.69, 9.17) is 11.6 Å². The van der Waals surface area contributed by atoms with Gasteiger partial charge < -0.3 is 19.8 Å². The second-order valence-corrected chi connectivity index (χ2v) is 12.3. The van der Waals surface area contributed by atoms with Crippen molar-refractivity contribution in [1.29, 1.82) is 0 Å². The molecule has 2 aliphatic heterocycles. The summed E-state index contributed by atoms with van der Waals surface area (Å²) in [5.41, 5.74) is -5.68. The molecule has 43 heavy (non-hydrogen) atoms. The molecule has 1 saturated carbocycles. The van der Waals surface area contributed by atoms with E-state index < -0.39 is 46.5 Å². The summed E-state index contributed by atoms with van der Waals surface area (Å²) >= 11 is 5.83. The first-order chi connectivity index (χ1) is 19.9. The average molecular weight is 633 g/mol. The number of carbonyl (C=O) groups is 2. The zero-order valence-electron chi connectivity index (χ0n) is 23.5. The summed E-state index contributed by atoms with van der Waals surface area (Å²) in [6.45, 7) is 2.27.